The smallest absolute Gasteiger partial charge is 0.0455 e. The molecular weight excluding hydrogens is 254 g/mol. The average Bonchev–Trinajstić information content (AvgIpc) is 3.25. The minimum atomic E-state index is 0.814. The molecule has 0 unspecified atom stereocenters. The first-order valence-electron chi connectivity index (χ1n) is 6.81. The van der Waals surface area contributed by atoms with E-state index in [1.807, 2.05) is 19.1 Å². The number of benzene rings is 2. The zero-order valence-electron chi connectivity index (χ0n) is 11.1. The van der Waals surface area contributed by atoms with Crippen molar-refractivity contribution in [3.63, 3.8) is 0 Å². The summed E-state index contributed by atoms with van der Waals surface area (Å²) in [7, 11) is 0. The number of anilines is 1. The van der Waals surface area contributed by atoms with Gasteiger partial charge in [-0.3, -0.25) is 0 Å². The number of rotatable bonds is 4. The molecule has 0 aliphatic heterocycles. The molecule has 1 nitrogen and oxygen atoms in total. The highest BCUT2D eigenvalue weighted by molar-refractivity contribution is 6.31. The Hall–Kier alpha value is -1.47. The van der Waals surface area contributed by atoms with Gasteiger partial charge >= 0.3 is 0 Å². The molecule has 0 atom stereocenters. The number of hydrogen-bond acceptors (Lipinski definition) is 1. The molecule has 2 aromatic carbocycles. The first kappa shape index (κ1) is 12.6. The van der Waals surface area contributed by atoms with Gasteiger partial charge < -0.3 is 5.32 Å². The Bertz CT molecular complexity index is 588. The van der Waals surface area contributed by atoms with E-state index in [1.54, 1.807) is 0 Å². The summed E-state index contributed by atoms with van der Waals surface area (Å²) < 4.78 is 0. The Labute approximate surface area is 119 Å². The molecule has 3 rings (SSSR count). The second kappa shape index (κ2) is 5.26. The average molecular weight is 272 g/mol. The third kappa shape index (κ3) is 3.10. The summed E-state index contributed by atoms with van der Waals surface area (Å²) in [6, 6.07) is 15.0. The van der Waals surface area contributed by atoms with E-state index >= 15 is 0 Å². The lowest BCUT2D eigenvalue weighted by molar-refractivity contribution is 1.08. The van der Waals surface area contributed by atoms with Gasteiger partial charge in [0.05, 0.1) is 0 Å². The lowest BCUT2D eigenvalue weighted by Gasteiger charge is -2.09. The van der Waals surface area contributed by atoms with Crippen LogP contribution in [0.3, 0.4) is 0 Å². The van der Waals surface area contributed by atoms with Crippen LogP contribution >= 0.6 is 11.6 Å². The van der Waals surface area contributed by atoms with Gasteiger partial charge in [0, 0.05) is 17.3 Å². The lowest BCUT2D eigenvalue weighted by atomic mass is 10.1. The van der Waals surface area contributed by atoms with E-state index in [-0.39, 0.29) is 0 Å². The van der Waals surface area contributed by atoms with Crippen LogP contribution in [0.5, 0.6) is 0 Å². The van der Waals surface area contributed by atoms with Crippen LogP contribution in [0.4, 0.5) is 5.69 Å². The standard InChI is InChI=1S/C17H18ClN/c1-12-5-8-16(10-17(12)18)19-11-13-3-2-4-15(9-13)14-6-7-14/h2-5,8-10,14,19H,6-7,11H2,1H3. The van der Waals surface area contributed by atoms with E-state index in [1.165, 1.54) is 24.0 Å². The van der Waals surface area contributed by atoms with Crippen LogP contribution < -0.4 is 5.32 Å². The molecule has 1 N–H and O–H groups in total. The molecule has 19 heavy (non-hydrogen) atoms. The predicted octanol–water partition coefficient (Wildman–Crippen LogP) is 5.14. The van der Waals surface area contributed by atoms with E-state index in [0.717, 1.165) is 28.7 Å². The Kier molecular flexibility index (Phi) is 3.48. The van der Waals surface area contributed by atoms with E-state index in [4.69, 9.17) is 11.6 Å². The maximum absolute atomic E-state index is 6.13. The van der Waals surface area contributed by atoms with E-state index in [9.17, 15) is 0 Å². The molecule has 0 aromatic heterocycles. The summed E-state index contributed by atoms with van der Waals surface area (Å²) in [5.74, 6) is 0.814. The zero-order valence-corrected chi connectivity index (χ0v) is 11.9. The monoisotopic (exact) mass is 271 g/mol. The van der Waals surface area contributed by atoms with Crippen molar-refractivity contribution in [2.75, 3.05) is 5.32 Å². The van der Waals surface area contributed by atoms with Crippen molar-refractivity contribution in [3.05, 3.63) is 64.2 Å². The number of hydrogen-bond donors (Lipinski definition) is 1. The topological polar surface area (TPSA) is 12.0 Å². The highest BCUT2D eigenvalue weighted by Crippen LogP contribution is 2.40. The highest BCUT2D eigenvalue weighted by atomic mass is 35.5. The molecular formula is C17H18ClN. The fourth-order valence-electron chi connectivity index (χ4n) is 2.28. The quantitative estimate of drug-likeness (QED) is 0.812. The molecule has 98 valence electrons. The number of halogens is 1. The second-order valence-electron chi connectivity index (χ2n) is 5.34. The number of nitrogens with one attached hydrogen (secondary N) is 1. The molecule has 1 aliphatic rings. The van der Waals surface area contributed by atoms with Gasteiger partial charge in [-0.05, 0) is 54.5 Å². The van der Waals surface area contributed by atoms with Gasteiger partial charge in [0.15, 0.2) is 0 Å². The van der Waals surface area contributed by atoms with E-state index in [2.05, 4.69) is 35.6 Å². The van der Waals surface area contributed by atoms with Crippen LogP contribution in [0.2, 0.25) is 5.02 Å². The van der Waals surface area contributed by atoms with Crippen LogP contribution in [0.1, 0.15) is 35.4 Å². The fourth-order valence-corrected chi connectivity index (χ4v) is 2.46. The summed E-state index contributed by atoms with van der Waals surface area (Å²) in [6.45, 7) is 2.87. The Balaban J connectivity index is 1.68. The Morgan fingerprint density at radius 1 is 1.16 bits per heavy atom. The predicted molar refractivity (Wildman–Crippen MR) is 81.9 cm³/mol. The zero-order chi connectivity index (χ0) is 13.2. The van der Waals surface area contributed by atoms with Crippen LogP contribution in [0, 0.1) is 6.92 Å². The molecule has 0 amide bonds. The van der Waals surface area contributed by atoms with Gasteiger partial charge in [-0.2, -0.15) is 0 Å². The first-order valence-corrected chi connectivity index (χ1v) is 7.19. The van der Waals surface area contributed by atoms with E-state index < -0.39 is 0 Å². The first-order chi connectivity index (χ1) is 9.22. The van der Waals surface area contributed by atoms with Crippen LogP contribution in [-0.2, 0) is 6.54 Å². The normalized spacial score (nSPS) is 14.4. The molecule has 0 radical (unpaired) electrons. The fraction of sp³-hybridized carbons (Fsp3) is 0.294. The van der Waals surface area contributed by atoms with Crippen molar-refractivity contribution in [1.82, 2.24) is 0 Å². The van der Waals surface area contributed by atoms with Crippen molar-refractivity contribution in [2.45, 2.75) is 32.2 Å². The summed E-state index contributed by atoms with van der Waals surface area (Å²) in [5, 5.41) is 4.25. The molecule has 0 bridgehead atoms. The molecule has 0 spiro atoms. The molecule has 2 aromatic rings. The Morgan fingerprint density at radius 3 is 2.74 bits per heavy atom. The minimum Gasteiger partial charge on any atom is -0.381 e. The minimum absolute atomic E-state index is 0.814. The summed E-state index contributed by atoms with van der Waals surface area (Å²) in [5.41, 5.74) is 5.01. The van der Waals surface area contributed by atoms with Gasteiger partial charge in [0.25, 0.3) is 0 Å². The third-order valence-corrected chi connectivity index (χ3v) is 4.08. The number of aryl methyl sites for hydroxylation is 1. The summed E-state index contributed by atoms with van der Waals surface area (Å²) >= 11 is 6.13. The second-order valence-corrected chi connectivity index (χ2v) is 5.74. The molecule has 2 heteroatoms. The van der Waals surface area contributed by atoms with Crippen molar-refractivity contribution in [3.8, 4) is 0 Å². The highest BCUT2D eigenvalue weighted by Gasteiger charge is 2.23. The molecule has 1 aliphatic carbocycles. The maximum atomic E-state index is 6.13. The molecule has 0 heterocycles. The molecule has 0 saturated heterocycles. The van der Waals surface area contributed by atoms with Crippen LogP contribution in [0.25, 0.3) is 0 Å². The van der Waals surface area contributed by atoms with Crippen molar-refractivity contribution >= 4 is 17.3 Å². The lowest BCUT2D eigenvalue weighted by Crippen LogP contribution is -2.00. The van der Waals surface area contributed by atoms with Gasteiger partial charge in [-0.25, -0.2) is 0 Å². The maximum Gasteiger partial charge on any atom is 0.0455 e. The van der Waals surface area contributed by atoms with Gasteiger partial charge in [0.1, 0.15) is 0 Å². The van der Waals surface area contributed by atoms with E-state index in [0.29, 0.717) is 0 Å². The van der Waals surface area contributed by atoms with Crippen molar-refractivity contribution in [1.29, 1.82) is 0 Å². The third-order valence-electron chi connectivity index (χ3n) is 3.67. The van der Waals surface area contributed by atoms with Crippen molar-refractivity contribution in [2.24, 2.45) is 0 Å². The molecule has 1 saturated carbocycles. The van der Waals surface area contributed by atoms with Crippen LogP contribution in [0.15, 0.2) is 42.5 Å². The summed E-state index contributed by atoms with van der Waals surface area (Å²) in [6.07, 6.45) is 2.70. The van der Waals surface area contributed by atoms with Gasteiger partial charge in [0.2, 0.25) is 0 Å². The van der Waals surface area contributed by atoms with Gasteiger partial charge in [-0.15, -0.1) is 0 Å². The summed E-state index contributed by atoms with van der Waals surface area (Å²) in [4.78, 5) is 0. The SMILES string of the molecule is Cc1ccc(NCc2cccc(C3CC3)c2)cc1Cl. The van der Waals surface area contributed by atoms with Gasteiger partial charge in [-0.1, -0.05) is 41.9 Å². The molecule has 1 fully saturated rings. The van der Waals surface area contributed by atoms with Crippen molar-refractivity contribution < 1.29 is 0 Å². The van der Waals surface area contributed by atoms with Crippen LogP contribution in [-0.4, -0.2) is 0 Å². The Morgan fingerprint density at radius 2 is 2.00 bits per heavy atom. The largest absolute Gasteiger partial charge is 0.381 e.